The number of hydrogen-bond donors (Lipinski definition) is 3. The number of anilines is 2. The van der Waals surface area contributed by atoms with Crippen LogP contribution in [0.5, 0.6) is 0 Å². The van der Waals surface area contributed by atoms with E-state index in [1.165, 1.54) is 0 Å². The largest absolute Gasteiger partial charge is 0.377 e. The van der Waals surface area contributed by atoms with Crippen molar-refractivity contribution in [2.45, 2.75) is 0 Å². The van der Waals surface area contributed by atoms with Crippen molar-refractivity contribution < 1.29 is 4.79 Å². The fourth-order valence-corrected chi connectivity index (χ4v) is 1.46. The second kappa shape index (κ2) is 4.80. The minimum absolute atomic E-state index is 0.146. The van der Waals surface area contributed by atoms with E-state index in [0.717, 1.165) is 5.69 Å². The van der Waals surface area contributed by atoms with Gasteiger partial charge in [0, 0.05) is 25.5 Å². The molecule has 0 radical (unpaired) electrons. The van der Waals surface area contributed by atoms with Crippen LogP contribution in [0.25, 0.3) is 0 Å². The topological polar surface area (TPSA) is 84.4 Å². The van der Waals surface area contributed by atoms with Gasteiger partial charge in [-0.25, -0.2) is 0 Å². The van der Waals surface area contributed by atoms with Crippen LogP contribution in [0.2, 0.25) is 0 Å². The molecule has 0 bridgehead atoms. The molecule has 0 aromatic heterocycles. The predicted octanol–water partition coefficient (Wildman–Crippen LogP) is 0.507. The summed E-state index contributed by atoms with van der Waals surface area (Å²) >= 11 is 4.71. The third-order valence-electron chi connectivity index (χ3n) is 2.01. The van der Waals surface area contributed by atoms with Gasteiger partial charge in [-0.3, -0.25) is 4.79 Å². The Kier molecular flexibility index (Phi) is 3.68. The number of benzene rings is 1. The molecule has 0 saturated heterocycles. The van der Waals surface area contributed by atoms with Crippen molar-refractivity contribution in [2.24, 2.45) is 11.5 Å². The maximum atomic E-state index is 11.3. The van der Waals surface area contributed by atoms with E-state index in [2.05, 4.69) is 5.32 Å². The molecule has 0 spiro atoms. The molecular formula is C10H14N4OS. The minimum Gasteiger partial charge on any atom is -0.377 e. The lowest BCUT2D eigenvalue weighted by atomic mass is 10.1. The van der Waals surface area contributed by atoms with Gasteiger partial charge in [0.2, 0.25) is 0 Å². The zero-order chi connectivity index (χ0) is 12.3. The first kappa shape index (κ1) is 12.3. The van der Waals surface area contributed by atoms with Crippen molar-refractivity contribution in [3.05, 3.63) is 23.8 Å². The number of carbonyl (C=O) groups excluding carboxylic acids is 1. The van der Waals surface area contributed by atoms with Gasteiger partial charge < -0.3 is 21.7 Å². The van der Waals surface area contributed by atoms with E-state index in [1.54, 1.807) is 18.2 Å². The van der Waals surface area contributed by atoms with Crippen LogP contribution in [-0.4, -0.2) is 25.1 Å². The Hall–Kier alpha value is -1.82. The minimum atomic E-state index is -0.490. The van der Waals surface area contributed by atoms with Gasteiger partial charge in [-0.15, -0.1) is 0 Å². The summed E-state index contributed by atoms with van der Waals surface area (Å²) in [7, 11) is 3.67. The first-order valence-electron chi connectivity index (χ1n) is 4.59. The highest BCUT2D eigenvalue weighted by Gasteiger charge is 2.10. The summed E-state index contributed by atoms with van der Waals surface area (Å²) in [6, 6.07) is 5.18. The average Bonchev–Trinajstić information content (AvgIpc) is 2.16. The van der Waals surface area contributed by atoms with E-state index in [0.29, 0.717) is 11.3 Å². The fraction of sp³-hybridized carbons (Fsp3) is 0.200. The Bertz CT molecular complexity index is 431. The molecule has 6 heteroatoms. The van der Waals surface area contributed by atoms with Crippen molar-refractivity contribution in [3.8, 4) is 0 Å². The fourth-order valence-electron chi connectivity index (χ4n) is 1.34. The number of rotatable bonds is 3. The number of carbonyl (C=O) groups is 1. The van der Waals surface area contributed by atoms with Gasteiger partial charge in [-0.05, 0) is 30.4 Å². The number of primary amides is 1. The van der Waals surface area contributed by atoms with Crippen LogP contribution in [0.1, 0.15) is 10.4 Å². The lowest BCUT2D eigenvalue weighted by molar-refractivity contribution is 0.100. The number of nitrogens with one attached hydrogen (secondary N) is 1. The highest BCUT2D eigenvalue weighted by atomic mass is 32.1. The summed E-state index contributed by atoms with van der Waals surface area (Å²) in [6.07, 6.45) is 0. The Labute approximate surface area is 99.4 Å². The van der Waals surface area contributed by atoms with E-state index in [1.807, 2.05) is 19.0 Å². The van der Waals surface area contributed by atoms with Crippen molar-refractivity contribution >= 4 is 34.6 Å². The third kappa shape index (κ3) is 2.83. The highest BCUT2D eigenvalue weighted by Crippen LogP contribution is 2.22. The standard InChI is InChI=1S/C10H14N4OS/c1-14(2)8-4-3-6(13-10(12)16)5-7(8)9(11)15/h3-5H,1-2H3,(H2,11,15)(H3,12,13,16). The molecule has 0 saturated carbocycles. The first-order chi connectivity index (χ1) is 7.41. The Morgan fingerprint density at radius 3 is 2.44 bits per heavy atom. The van der Waals surface area contributed by atoms with Crippen molar-refractivity contribution in [3.63, 3.8) is 0 Å². The number of amides is 1. The van der Waals surface area contributed by atoms with E-state index in [9.17, 15) is 4.79 Å². The molecule has 0 fully saturated rings. The van der Waals surface area contributed by atoms with Crippen LogP contribution in [0.3, 0.4) is 0 Å². The molecule has 1 amide bonds. The van der Waals surface area contributed by atoms with Gasteiger partial charge in [-0.2, -0.15) is 0 Å². The summed E-state index contributed by atoms with van der Waals surface area (Å²) in [5.41, 5.74) is 12.5. The van der Waals surface area contributed by atoms with Gasteiger partial charge >= 0.3 is 0 Å². The summed E-state index contributed by atoms with van der Waals surface area (Å²) in [5.74, 6) is -0.490. The second-order valence-corrected chi connectivity index (χ2v) is 3.92. The van der Waals surface area contributed by atoms with Gasteiger partial charge in [0.25, 0.3) is 5.91 Å². The monoisotopic (exact) mass is 238 g/mol. The van der Waals surface area contributed by atoms with E-state index >= 15 is 0 Å². The molecule has 1 rings (SSSR count). The van der Waals surface area contributed by atoms with Gasteiger partial charge in [0.15, 0.2) is 5.11 Å². The molecule has 0 aliphatic heterocycles. The summed E-state index contributed by atoms with van der Waals surface area (Å²) < 4.78 is 0. The van der Waals surface area contributed by atoms with Crippen LogP contribution in [-0.2, 0) is 0 Å². The van der Waals surface area contributed by atoms with Crippen LogP contribution >= 0.6 is 12.2 Å². The molecule has 5 nitrogen and oxygen atoms in total. The molecule has 1 aromatic carbocycles. The molecule has 0 heterocycles. The van der Waals surface area contributed by atoms with E-state index in [4.69, 9.17) is 23.7 Å². The Morgan fingerprint density at radius 2 is 2.00 bits per heavy atom. The molecule has 0 atom stereocenters. The molecule has 16 heavy (non-hydrogen) atoms. The van der Waals surface area contributed by atoms with Crippen LogP contribution < -0.4 is 21.7 Å². The van der Waals surface area contributed by atoms with Crippen molar-refractivity contribution in [2.75, 3.05) is 24.3 Å². The van der Waals surface area contributed by atoms with Gasteiger partial charge in [0.1, 0.15) is 0 Å². The number of thiocarbonyl (C=S) groups is 1. The number of nitrogens with zero attached hydrogens (tertiary/aromatic N) is 1. The zero-order valence-corrected chi connectivity index (χ0v) is 9.97. The zero-order valence-electron chi connectivity index (χ0n) is 9.15. The molecule has 0 aliphatic carbocycles. The van der Waals surface area contributed by atoms with Crippen LogP contribution in [0.4, 0.5) is 11.4 Å². The summed E-state index contributed by atoms with van der Waals surface area (Å²) in [6.45, 7) is 0. The first-order valence-corrected chi connectivity index (χ1v) is 5.00. The molecular weight excluding hydrogens is 224 g/mol. The van der Waals surface area contributed by atoms with Gasteiger partial charge in [-0.1, -0.05) is 0 Å². The normalized spacial score (nSPS) is 9.62. The quantitative estimate of drug-likeness (QED) is 0.668. The molecule has 0 aliphatic rings. The lowest BCUT2D eigenvalue weighted by Crippen LogP contribution is -2.21. The van der Waals surface area contributed by atoms with E-state index < -0.39 is 5.91 Å². The SMILES string of the molecule is CN(C)c1ccc(NC(N)=S)cc1C(N)=O. The lowest BCUT2D eigenvalue weighted by Gasteiger charge is -2.17. The van der Waals surface area contributed by atoms with E-state index in [-0.39, 0.29) is 5.11 Å². The maximum Gasteiger partial charge on any atom is 0.250 e. The maximum absolute atomic E-state index is 11.3. The molecule has 5 N–H and O–H groups in total. The second-order valence-electron chi connectivity index (χ2n) is 3.48. The Morgan fingerprint density at radius 1 is 1.38 bits per heavy atom. The summed E-state index contributed by atoms with van der Waals surface area (Å²) in [5, 5.41) is 2.90. The molecule has 86 valence electrons. The highest BCUT2D eigenvalue weighted by molar-refractivity contribution is 7.80. The Balaban J connectivity index is 3.17. The summed E-state index contributed by atoms with van der Waals surface area (Å²) in [4.78, 5) is 13.1. The van der Waals surface area contributed by atoms with Crippen molar-refractivity contribution in [1.29, 1.82) is 0 Å². The number of nitrogens with two attached hydrogens (primary N) is 2. The molecule has 1 aromatic rings. The van der Waals surface area contributed by atoms with Crippen molar-refractivity contribution in [1.82, 2.24) is 0 Å². The third-order valence-corrected chi connectivity index (χ3v) is 2.11. The number of hydrogen-bond acceptors (Lipinski definition) is 3. The molecule has 0 unspecified atom stereocenters. The van der Waals surface area contributed by atoms with Crippen LogP contribution in [0, 0.1) is 0 Å². The average molecular weight is 238 g/mol. The van der Waals surface area contributed by atoms with Crippen LogP contribution in [0.15, 0.2) is 18.2 Å². The smallest absolute Gasteiger partial charge is 0.250 e. The predicted molar refractivity (Wildman–Crippen MR) is 69.7 cm³/mol. The van der Waals surface area contributed by atoms with Gasteiger partial charge in [0.05, 0.1) is 5.56 Å².